The second-order valence-electron chi connectivity index (χ2n) is 3.75. The van der Waals surface area contributed by atoms with Crippen molar-refractivity contribution in [1.29, 1.82) is 0 Å². The zero-order chi connectivity index (χ0) is 12.0. The van der Waals surface area contributed by atoms with Gasteiger partial charge in [0.05, 0.1) is 12.0 Å². The lowest BCUT2D eigenvalue weighted by atomic mass is 9.92. The van der Waals surface area contributed by atoms with Gasteiger partial charge in [-0.25, -0.2) is 4.79 Å². The van der Waals surface area contributed by atoms with Crippen molar-refractivity contribution in [2.45, 2.75) is 25.3 Å². The van der Waals surface area contributed by atoms with E-state index in [1.165, 1.54) is 26.5 Å². The van der Waals surface area contributed by atoms with Gasteiger partial charge in [0.25, 0.3) is 0 Å². The van der Waals surface area contributed by atoms with Crippen molar-refractivity contribution in [3.63, 3.8) is 0 Å². The predicted octanol–water partition coefficient (Wildman–Crippen LogP) is 0.863. The fourth-order valence-electron chi connectivity index (χ4n) is 1.86. The van der Waals surface area contributed by atoms with Gasteiger partial charge in [-0.2, -0.15) is 0 Å². The number of hydrogen-bond acceptors (Lipinski definition) is 5. The van der Waals surface area contributed by atoms with Crippen LogP contribution in [-0.2, 0) is 9.59 Å². The van der Waals surface area contributed by atoms with Gasteiger partial charge in [-0.3, -0.25) is 9.69 Å². The number of carboxylic acids is 1. The standard InChI is InChI=1S/C9H11NO4S2/c1-3(11)5-7(12)10-6(9(13)14)4(2)15-16-8(5)10/h3,5,8,11H,1-2H3,(H,13,14)/t3?,5-,8+/m0/s1. The van der Waals surface area contributed by atoms with Gasteiger partial charge in [0.15, 0.2) is 0 Å². The van der Waals surface area contributed by atoms with Gasteiger partial charge in [-0.05, 0) is 13.8 Å². The highest BCUT2D eigenvalue weighted by Crippen LogP contribution is 2.52. The molecule has 1 saturated heterocycles. The molecule has 1 unspecified atom stereocenters. The van der Waals surface area contributed by atoms with Crippen molar-refractivity contribution < 1.29 is 19.8 Å². The maximum atomic E-state index is 11.7. The van der Waals surface area contributed by atoms with E-state index in [0.717, 1.165) is 0 Å². The highest BCUT2D eigenvalue weighted by molar-refractivity contribution is 8.78. The highest BCUT2D eigenvalue weighted by Gasteiger charge is 2.55. The lowest BCUT2D eigenvalue weighted by molar-refractivity contribution is -0.157. The smallest absolute Gasteiger partial charge is 0.353 e. The van der Waals surface area contributed by atoms with Gasteiger partial charge in [-0.15, -0.1) is 0 Å². The molecule has 0 aliphatic carbocycles. The minimum absolute atomic E-state index is 0.0515. The fraction of sp³-hybridized carbons (Fsp3) is 0.556. The van der Waals surface area contributed by atoms with E-state index in [1.54, 1.807) is 13.8 Å². The first-order chi connectivity index (χ1) is 7.45. The number of fused-ring (bicyclic) bond motifs is 1. The van der Waals surface area contributed by atoms with Crippen molar-refractivity contribution in [1.82, 2.24) is 4.90 Å². The van der Waals surface area contributed by atoms with Gasteiger partial charge in [0.1, 0.15) is 11.1 Å². The molecule has 0 aromatic rings. The molecule has 0 aromatic heterocycles. The van der Waals surface area contributed by atoms with Crippen molar-refractivity contribution >= 4 is 33.5 Å². The Hall–Kier alpha value is -0.660. The van der Waals surface area contributed by atoms with Crippen LogP contribution in [0.3, 0.4) is 0 Å². The van der Waals surface area contributed by atoms with Crippen LogP contribution in [0.2, 0.25) is 0 Å². The zero-order valence-electron chi connectivity index (χ0n) is 8.71. The van der Waals surface area contributed by atoms with Crippen LogP contribution in [0.25, 0.3) is 0 Å². The summed E-state index contributed by atoms with van der Waals surface area (Å²) in [5, 5.41) is 18.2. The van der Waals surface area contributed by atoms with Crippen LogP contribution in [0.5, 0.6) is 0 Å². The Morgan fingerprint density at radius 1 is 1.56 bits per heavy atom. The van der Waals surface area contributed by atoms with Crippen LogP contribution in [0.1, 0.15) is 13.8 Å². The number of nitrogens with zero attached hydrogens (tertiary/aromatic N) is 1. The van der Waals surface area contributed by atoms with Gasteiger partial charge >= 0.3 is 5.97 Å². The van der Waals surface area contributed by atoms with Crippen molar-refractivity contribution in [3.05, 3.63) is 10.6 Å². The number of allylic oxidation sites excluding steroid dienone is 1. The SMILES string of the molecule is CC1=C(C(=O)O)N2C(=O)[C@H](C(C)O)[C@H]2SS1. The van der Waals surface area contributed by atoms with E-state index < -0.39 is 18.0 Å². The molecule has 5 nitrogen and oxygen atoms in total. The molecule has 2 aliphatic rings. The predicted molar refractivity (Wildman–Crippen MR) is 61.3 cm³/mol. The highest BCUT2D eigenvalue weighted by atomic mass is 33.1. The third kappa shape index (κ3) is 1.54. The first kappa shape index (κ1) is 11.8. The number of rotatable bonds is 2. The van der Waals surface area contributed by atoms with Crippen LogP contribution in [0, 0.1) is 5.92 Å². The van der Waals surface area contributed by atoms with Crippen molar-refractivity contribution in [2.75, 3.05) is 0 Å². The summed E-state index contributed by atoms with van der Waals surface area (Å²) in [7, 11) is 2.77. The maximum Gasteiger partial charge on any atom is 0.353 e. The van der Waals surface area contributed by atoms with E-state index in [-0.39, 0.29) is 17.0 Å². The summed E-state index contributed by atoms with van der Waals surface area (Å²) in [6.07, 6.45) is -0.740. The van der Waals surface area contributed by atoms with E-state index >= 15 is 0 Å². The van der Waals surface area contributed by atoms with Gasteiger partial charge < -0.3 is 10.2 Å². The number of amides is 1. The second-order valence-corrected chi connectivity index (χ2v) is 6.29. The number of aliphatic carboxylic acids is 1. The van der Waals surface area contributed by atoms with E-state index in [9.17, 15) is 14.7 Å². The van der Waals surface area contributed by atoms with E-state index in [0.29, 0.717) is 4.91 Å². The minimum atomic E-state index is -1.09. The summed E-state index contributed by atoms with van der Waals surface area (Å²) in [6, 6.07) is 0. The maximum absolute atomic E-state index is 11.7. The van der Waals surface area contributed by atoms with E-state index in [1.807, 2.05) is 0 Å². The Labute approximate surface area is 100 Å². The Morgan fingerprint density at radius 2 is 2.19 bits per heavy atom. The average Bonchev–Trinajstić information content (AvgIpc) is 2.17. The number of aliphatic hydroxyl groups excluding tert-OH is 1. The summed E-state index contributed by atoms with van der Waals surface area (Å²) >= 11 is 0. The van der Waals surface area contributed by atoms with Crippen molar-refractivity contribution in [3.8, 4) is 0 Å². The number of carbonyl (C=O) groups is 2. The monoisotopic (exact) mass is 261 g/mol. The molecule has 88 valence electrons. The molecule has 16 heavy (non-hydrogen) atoms. The number of carboxylic acid groups (broad SMARTS) is 1. The molecular formula is C9H11NO4S2. The lowest BCUT2D eigenvalue weighted by Crippen LogP contribution is -2.63. The molecule has 0 spiro atoms. The van der Waals surface area contributed by atoms with E-state index in [4.69, 9.17) is 5.11 Å². The van der Waals surface area contributed by atoms with Gasteiger partial charge in [0, 0.05) is 4.91 Å². The van der Waals surface area contributed by atoms with Gasteiger partial charge in [0.2, 0.25) is 5.91 Å². The van der Waals surface area contributed by atoms with Crippen LogP contribution < -0.4 is 0 Å². The summed E-state index contributed by atoms with van der Waals surface area (Å²) in [5.74, 6) is -1.88. The van der Waals surface area contributed by atoms with Crippen LogP contribution in [0.15, 0.2) is 10.6 Å². The summed E-state index contributed by atoms with van der Waals surface area (Å²) < 4.78 is 0. The molecule has 2 N–H and O–H groups in total. The Morgan fingerprint density at radius 3 is 2.69 bits per heavy atom. The molecule has 1 amide bonds. The van der Waals surface area contributed by atoms with E-state index in [2.05, 4.69) is 0 Å². The quantitative estimate of drug-likeness (QED) is 0.567. The normalized spacial score (nSPS) is 30.9. The minimum Gasteiger partial charge on any atom is -0.477 e. The summed E-state index contributed by atoms with van der Waals surface area (Å²) in [5.41, 5.74) is 0.0515. The topological polar surface area (TPSA) is 77.8 Å². The Kier molecular flexibility index (Phi) is 2.93. The van der Waals surface area contributed by atoms with Gasteiger partial charge in [-0.1, -0.05) is 21.6 Å². The Balaban J connectivity index is 2.31. The van der Waals surface area contributed by atoms with Crippen LogP contribution in [-0.4, -0.2) is 38.5 Å². The number of aliphatic hydroxyl groups is 1. The molecule has 0 saturated carbocycles. The van der Waals surface area contributed by atoms with Crippen LogP contribution >= 0.6 is 21.6 Å². The van der Waals surface area contributed by atoms with Crippen molar-refractivity contribution in [2.24, 2.45) is 5.92 Å². The molecule has 2 rings (SSSR count). The summed E-state index contributed by atoms with van der Waals surface area (Å²) in [6.45, 7) is 3.23. The number of β-lactam (4-membered cyclic amide) rings is 1. The first-order valence-corrected chi connectivity index (χ1v) is 6.95. The molecule has 3 atom stereocenters. The fourth-order valence-corrected chi connectivity index (χ4v) is 4.70. The third-order valence-corrected chi connectivity index (χ3v) is 5.52. The first-order valence-electron chi connectivity index (χ1n) is 4.73. The zero-order valence-corrected chi connectivity index (χ0v) is 10.3. The number of carbonyl (C=O) groups excluding carboxylic acids is 1. The molecule has 0 aromatic carbocycles. The molecule has 2 aliphatic heterocycles. The third-order valence-electron chi connectivity index (χ3n) is 2.65. The Bertz CT molecular complexity index is 393. The molecule has 7 heteroatoms. The number of hydrogen-bond donors (Lipinski definition) is 2. The average molecular weight is 261 g/mol. The second kappa shape index (κ2) is 3.97. The molecule has 2 heterocycles. The molecule has 1 fully saturated rings. The molecule has 0 bridgehead atoms. The summed E-state index contributed by atoms with van der Waals surface area (Å²) in [4.78, 5) is 24.7. The lowest BCUT2D eigenvalue weighted by Gasteiger charge is -2.49. The molecular weight excluding hydrogens is 250 g/mol. The largest absolute Gasteiger partial charge is 0.477 e. The van der Waals surface area contributed by atoms with Crippen LogP contribution in [0.4, 0.5) is 0 Å². The molecule has 0 radical (unpaired) electrons.